The van der Waals surface area contributed by atoms with Gasteiger partial charge in [0, 0.05) is 88.1 Å². The largest absolute Gasteiger partial charge is 0.490 e. The maximum atomic E-state index is 10.6. The summed E-state index contributed by atoms with van der Waals surface area (Å²) in [6, 6.07) is 18.4. The third-order valence-electron chi connectivity index (χ3n) is 9.32. The van der Waals surface area contributed by atoms with Gasteiger partial charge in [0.25, 0.3) is 0 Å². The van der Waals surface area contributed by atoms with E-state index in [-0.39, 0.29) is 5.41 Å². The fourth-order valence-corrected chi connectivity index (χ4v) is 6.47. The molecule has 2 aromatic carbocycles. The molecule has 50 heavy (non-hydrogen) atoms. The first kappa shape index (κ1) is 37.3. The molecule has 0 bridgehead atoms. The van der Waals surface area contributed by atoms with E-state index in [9.17, 15) is 18.4 Å². The van der Waals surface area contributed by atoms with E-state index in [1.54, 1.807) is 6.07 Å². The second kappa shape index (κ2) is 16.3. The highest BCUT2D eigenvalue weighted by Crippen LogP contribution is 2.34. The van der Waals surface area contributed by atoms with E-state index in [0.29, 0.717) is 23.2 Å². The molecule has 11 nitrogen and oxygen atoms in total. The van der Waals surface area contributed by atoms with Gasteiger partial charge < -0.3 is 20.1 Å². The number of likely N-dealkylation sites (tertiary alicyclic amines) is 1. The van der Waals surface area contributed by atoms with E-state index in [4.69, 9.17) is 31.2 Å². The van der Waals surface area contributed by atoms with Gasteiger partial charge in [0.15, 0.2) is 0 Å². The van der Waals surface area contributed by atoms with Crippen LogP contribution in [0.2, 0.25) is 5.02 Å². The first-order chi connectivity index (χ1) is 23.8. The summed E-state index contributed by atoms with van der Waals surface area (Å²) in [5.41, 5.74) is 3.23. The number of ether oxygens (including phenoxy) is 1. The van der Waals surface area contributed by atoms with Gasteiger partial charge in [-0.05, 0) is 47.5 Å². The molecule has 0 atom stereocenters. The zero-order chi connectivity index (χ0) is 35.9. The Labute approximate surface area is 295 Å². The monoisotopic (exact) mass is 714 g/mol. The molecule has 0 spiro atoms. The van der Waals surface area contributed by atoms with Gasteiger partial charge in [0.2, 0.25) is 5.95 Å². The minimum Gasteiger partial charge on any atom is -0.487 e. The van der Waals surface area contributed by atoms with Crippen molar-refractivity contribution >= 4 is 23.5 Å². The third-order valence-corrected chi connectivity index (χ3v) is 9.53. The number of nitriles is 1. The molecule has 0 amide bonds. The average Bonchev–Trinajstić information content (AvgIpc) is 3.09. The molecule has 6 rings (SSSR count). The molecule has 4 heterocycles. The summed E-state index contributed by atoms with van der Waals surface area (Å²) < 4.78 is 37.8. The van der Waals surface area contributed by atoms with E-state index >= 15 is 0 Å². The number of carbonyl (C=O) groups is 1. The van der Waals surface area contributed by atoms with E-state index in [0.717, 1.165) is 87.5 Å². The van der Waals surface area contributed by atoms with Gasteiger partial charge in [-0.3, -0.25) is 14.7 Å². The van der Waals surface area contributed by atoms with Crippen LogP contribution < -0.4 is 15.0 Å². The molecule has 15 heteroatoms. The van der Waals surface area contributed by atoms with Gasteiger partial charge >= 0.3 is 12.1 Å². The van der Waals surface area contributed by atoms with E-state index < -0.39 is 12.1 Å². The molecule has 3 aliphatic rings. The Morgan fingerprint density at radius 2 is 1.66 bits per heavy atom. The fourth-order valence-electron chi connectivity index (χ4n) is 6.24. The summed E-state index contributed by atoms with van der Waals surface area (Å²) in [7, 11) is 0. The van der Waals surface area contributed by atoms with Crippen LogP contribution in [0, 0.1) is 11.3 Å². The quantitative estimate of drug-likeness (QED) is 0.332. The molecule has 1 aromatic heterocycles. The number of nitrogens with zero attached hydrogens (tertiary/aromatic N) is 7. The first-order valence-electron chi connectivity index (χ1n) is 16.5. The maximum absolute atomic E-state index is 10.6. The van der Waals surface area contributed by atoms with Crippen LogP contribution in [0.25, 0.3) is 0 Å². The van der Waals surface area contributed by atoms with Crippen LogP contribution in [-0.4, -0.2) is 120 Å². The van der Waals surface area contributed by atoms with Crippen LogP contribution in [0.1, 0.15) is 36.2 Å². The molecule has 3 fully saturated rings. The molecule has 268 valence electrons. The lowest BCUT2D eigenvalue weighted by Crippen LogP contribution is -2.65. The lowest BCUT2D eigenvalue weighted by atomic mass is 9.78. The fraction of sp³-hybridized carbons (Fsp3) is 0.486. The van der Waals surface area contributed by atoms with Crippen molar-refractivity contribution in [1.29, 1.82) is 5.26 Å². The van der Waals surface area contributed by atoms with Crippen LogP contribution in [0.5, 0.6) is 5.75 Å². The van der Waals surface area contributed by atoms with Crippen molar-refractivity contribution in [3.63, 3.8) is 0 Å². The number of rotatable bonds is 9. The van der Waals surface area contributed by atoms with Crippen LogP contribution in [0.3, 0.4) is 0 Å². The van der Waals surface area contributed by atoms with Crippen LogP contribution in [0.15, 0.2) is 54.7 Å². The normalized spacial score (nSPS) is 18.1. The summed E-state index contributed by atoms with van der Waals surface area (Å²) in [6.45, 7) is 16.6. The van der Waals surface area contributed by atoms with E-state index in [2.05, 4.69) is 61.9 Å². The van der Waals surface area contributed by atoms with E-state index in [1.807, 2.05) is 36.5 Å². The van der Waals surface area contributed by atoms with Gasteiger partial charge in [-0.2, -0.15) is 18.4 Å². The number of anilines is 1. The van der Waals surface area contributed by atoms with Gasteiger partial charge in [-0.25, -0.2) is 14.8 Å². The van der Waals surface area contributed by atoms with Crippen molar-refractivity contribution in [2.45, 2.75) is 38.1 Å². The summed E-state index contributed by atoms with van der Waals surface area (Å²) in [4.78, 5) is 28.4. The van der Waals surface area contributed by atoms with Crippen molar-refractivity contribution in [2.24, 2.45) is 0 Å². The number of hydrogen-bond acceptors (Lipinski definition) is 10. The zero-order valence-electron chi connectivity index (χ0n) is 28.2. The van der Waals surface area contributed by atoms with Crippen molar-refractivity contribution in [1.82, 2.24) is 30.0 Å². The van der Waals surface area contributed by atoms with Crippen molar-refractivity contribution < 1.29 is 27.8 Å². The Hall–Kier alpha value is -4.00. The zero-order valence-corrected chi connectivity index (χ0v) is 28.9. The molecular formula is C35H42ClF3N8O3. The number of carboxylic acids is 1. The Morgan fingerprint density at radius 1 is 1.00 bits per heavy atom. The Balaban J connectivity index is 0.000000630. The van der Waals surface area contributed by atoms with Crippen molar-refractivity contribution in [3.05, 3.63) is 82.1 Å². The molecular weight excluding hydrogens is 673 g/mol. The SMILES string of the molecule is CC(C)(c1ccc(OCc2ccnc(N3CCN(C4CN(CN5CCNCC5)C4)CC3)n2)cc1)c1cc(Cl)cc(C#N)c1.O=C(O)C(F)(F)F. The predicted octanol–water partition coefficient (Wildman–Crippen LogP) is 4.21. The van der Waals surface area contributed by atoms with Gasteiger partial charge in [0.05, 0.1) is 24.0 Å². The third kappa shape index (κ3) is 9.82. The molecule has 0 saturated carbocycles. The first-order valence-corrected chi connectivity index (χ1v) is 16.9. The van der Waals surface area contributed by atoms with Crippen LogP contribution in [-0.2, 0) is 16.8 Å². The number of halogens is 4. The van der Waals surface area contributed by atoms with Crippen molar-refractivity contribution in [3.8, 4) is 11.8 Å². The molecule has 2 N–H and O–H groups in total. The minimum atomic E-state index is -5.08. The number of carboxylic acid groups (broad SMARTS) is 1. The number of benzene rings is 2. The molecule has 0 radical (unpaired) electrons. The molecule has 3 aliphatic heterocycles. The second-order valence-electron chi connectivity index (χ2n) is 13.2. The van der Waals surface area contributed by atoms with Gasteiger partial charge in [0.1, 0.15) is 12.4 Å². The van der Waals surface area contributed by atoms with Crippen LogP contribution in [0.4, 0.5) is 19.1 Å². The highest BCUT2D eigenvalue weighted by Gasteiger charge is 2.38. The highest BCUT2D eigenvalue weighted by atomic mass is 35.5. The standard InChI is InChI=1S/C33H41ClN8O.C2HF3O2/c1-33(2,27-17-25(20-35)18-28(34)19-27)26-3-5-31(6-4-26)43-23-29-7-8-37-32(38-29)42-15-13-41(14-16-42)30-21-40(22-30)24-39-11-9-36-10-12-39;3-2(4,5)1(6)7/h3-8,17-19,30,36H,9-16,21-24H2,1-2H3;(H,6,7). The molecule has 0 aliphatic carbocycles. The minimum absolute atomic E-state index is 0.316. The summed E-state index contributed by atoms with van der Waals surface area (Å²) in [5.74, 6) is -1.19. The topological polar surface area (TPSA) is 121 Å². The summed E-state index contributed by atoms with van der Waals surface area (Å²) >= 11 is 6.28. The molecule has 0 unspecified atom stereocenters. The predicted molar refractivity (Wildman–Crippen MR) is 183 cm³/mol. The number of alkyl halides is 3. The van der Waals surface area contributed by atoms with Gasteiger partial charge in [-0.1, -0.05) is 37.6 Å². The Morgan fingerprint density at radius 3 is 2.28 bits per heavy atom. The van der Waals surface area contributed by atoms with Crippen LogP contribution >= 0.6 is 11.6 Å². The average molecular weight is 715 g/mol. The highest BCUT2D eigenvalue weighted by molar-refractivity contribution is 6.30. The number of piperazine rings is 2. The van der Waals surface area contributed by atoms with E-state index in [1.165, 1.54) is 13.1 Å². The molecule has 3 aromatic rings. The molecule has 3 saturated heterocycles. The Bertz CT molecular complexity index is 1630. The smallest absolute Gasteiger partial charge is 0.487 e. The van der Waals surface area contributed by atoms with Gasteiger partial charge in [-0.15, -0.1) is 0 Å². The van der Waals surface area contributed by atoms with Crippen molar-refractivity contribution in [2.75, 3.05) is 77.0 Å². The number of aromatic nitrogens is 2. The maximum Gasteiger partial charge on any atom is 0.490 e. The lowest BCUT2D eigenvalue weighted by Gasteiger charge is -2.49. The second-order valence-corrected chi connectivity index (χ2v) is 13.6. The number of aliphatic carboxylic acids is 1. The Kier molecular flexibility index (Phi) is 12.2. The summed E-state index contributed by atoms with van der Waals surface area (Å²) in [5, 5.41) is 20.5. The summed E-state index contributed by atoms with van der Waals surface area (Å²) in [6.07, 6.45) is -3.25. The number of hydrogen-bond donors (Lipinski definition) is 2. The number of nitrogens with one attached hydrogen (secondary N) is 1. The lowest BCUT2D eigenvalue weighted by molar-refractivity contribution is -0.192.